The van der Waals surface area contributed by atoms with Gasteiger partial charge in [-0.05, 0) is 41.8 Å². The van der Waals surface area contributed by atoms with E-state index in [0.29, 0.717) is 23.5 Å². The number of methoxy groups -OCH3 is 2. The van der Waals surface area contributed by atoms with Gasteiger partial charge in [0.05, 0.1) is 20.8 Å². The highest BCUT2D eigenvalue weighted by Gasteiger charge is 2.49. The lowest BCUT2D eigenvalue weighted by Crippen LogP contribution is -2.57. The minimum atomic E-state index is -4.27. The van der Waals surface area contributed by atoms with Crippen molar-refractivity contribution in [1.82, 2.24) is 14.9 Å². The molecular formula is C20H24FN3O5S. The smallest absolute Gasteiger partial charge is 0.319 e. The van der Waals surface area contributed by atoms with E-state index >= 15 is 0 Å². The van der Waals surface area contributed by atoms with Crippen LogP contribution in [0.1, 0.15) is 11.1 Å². The molecule has 0 spiro atoms. The molecule has 2 aromatic rings. The van der Waals surface area contributed by atoms with Gasteiger partial charge in [0.1, 0.15) is 11.5 Å². The largest absolute Gasteiger partial charge is 0.497 e. The third kappa shape index (κ3) is 4.49. The van der Waals surface area contributed by atoms with Crippen LogP contribution < -0.4 is 19.5 Å². The Morgan fingerprint density at radius 3 is 2.17 bits per heavy atom. The molecular weight excluding hydrogens is 413 g/mol. The number of urea groups is 1. The molecule has 0 bridgehead atoms. The standard InChI is InChI=1S/C20H24FN3O5S/c1-28-17-7-3-15(4-8-17)11-12-24-19(25)22-13-20(24,23-30(26,27)14-21)16-5-9-18(29-2)10-6-16/h3-10,23H,11-14H2,1-2H3,(H,22,25). The number of carbonyl (C=O) groups excluding carboxylic acids is 1. The average molecular weight is 437 g/mol. The molecule has 1 heterocycles. The van der Waals surface area contributed by atoms with Crippen molar-refractivity contribution < 1.29 is 27.1 Å². The van der Waals surface area contributed by atoms with Crippen LogP contribution >= 0.6 is 0 Å². The lowest BCUT2D eigenvalue weighted by Gasteiger charge is -2.37. The molecule has 1 fully saturated rings. The normalized spacial score (nSPS) is 18.9. The van der Waals surface area contributed by atoms with Crippen molar-refractivity contribution in [2.75, 3.05) is 33.3 Å². The van der Waals surface area contributed by atoms with Gasteiger partial charge < -0.3 is 14.8 Å². The molecule has 1 atom stereocenters. The summed E-state index contributed by atoms with van der Waals surface area (Å²) in [6, 6.07) is 11.9. The Morgan fingerprint density at radius 1 is 1.07 bits per heavy atom. The summed E-state index contributed by atoms with van der Waals surface area (Å²) in [5.41, 5.74) is -0.0262. The molecule has 1 aliphatic rings. The first-order chi connectivity index (χ1) is 14.3. The molecule has 1 unspecified atom stereocenters. The Balaban J connectivity index is 1.94. The fourth-order valence-electron chi connectivity index (χ4n) is 3.45. The molecule has 0 radical (unpaired) electrons. The SMILES string of the molecule is COc1ccc(CCN2C(=O)NCC2(NS(=O)(=O)CF)c2ccc(OC)cc2)cc1. The van der Waals surface area contributed by atoms with Gasteiger partial charge in [-0.3, -0.25) is 4.90 Å². The number of alkyl halides is 1. The lowest BCUT2D eigenvalue weighted by atomic mass is 9.99. The van der Waals surface area contributed by atoms with Gasteiger partial charge in [0, 0.05) is 6.54 Å². The summed E-state index contributed by atoms with van der Waals surface area (Å²) in [6.45, 7) is 0.166. The van der Waals surface area contributed by atoms with Gasteiger partial charge in [-0.2, -0.15) is 4.72 Å². The van der Waals surface area contributed by atoms with Gasteiger partial charge in [0.15, 0.2) is 5.66 Å². The fraction of sp³-hybridized carbons (Fsp3) is 0.350. The third-order valence-electron chi connectivity index (χ3n) is 5.02. The number of carbonyl (C=O) groups is 1. The zero-order chi connectivity index (χ0) is 21.8. The van der Waals surface area contributed by atoms with Crippen molar-refractivity contribution in [2.24, 2.45) is 0 Å². The summed E-state index contributed by atoms with van der Waals surface area (Å²) >= 11 is 0. The molecule has 1 saturated heterocycles. The predicted molar refractivity (Wildman–Crippen MR) is 110 cm³/mol. The van der Waals surface area contributed by atoms with E-state index in [1.165, 1.54) is 12.0 Å². The molecule has 0 aromatic heterocycles. The predicted octanol–water partition coefficient (Wildman–Crippen LogP) is 1.97. The quantitative estimate of drug-likeness (QED) is 0.625. The second-order valence-electron chi connectivity index (χ2n) is 6.82. The maximum atomic E-state index is 13.2. The number of sulfonamides is 1. The summed E-state index contributed by atoms with van der Waals surface area (Å²) < 4.78 is 50.2. The first kappa shape index (κ1) is 21.8. The third-order valence-corrected chi connectivity index (χ3v) is 5.96. The Bertz CT molecular complexity index is 983. The second kappa shape index (κ2) is 8.88. The number of benzene rings is 2. The van der Waals surface area contributed by atoms with Gasteiger partial charge in [-0.15, -0.1) is 0 Å². The number of amides is 2. The minimum absolute atomic E-state index is 0.0417. The molecule has 8 nitrogen and oxygen atoms in total. The van der Waals surface area contributed by atoms with Crippen LogP contribution in [-0.2, 0) is 22.1 Å². The second-order valence-corrected chi connectivity index (χ2v) is 8.47. The molecule has 3 rings (SSSR count). The van der Waals surface area contributed by atoms with E-state index in [0.717, 1.165) is 5.56 Å². The summed E-state index contributed by atoms with van der Waals surface area (Å²) in [7, 11) is -1.19. The maximum Gasteiger partial charge on any atom is 0.319 e. The Labute approximate surface area is 175 Å². The number of hydrogen-bond donors (Lipinski definition) is 2. The monoisotopic (exact) mass is 437 g/mol. The van der Waals surface area contributed by atoms with Crippen LogP contribution in [0.4, 0.5) is 9.18 Å². The van der Waals surface area contributed by atoms with E-state index in [1.54, 1.807) is 31.4 Å². The van der Waals surface area contributed by atoms with Crippen LogP contribution in [-0.4, -0.2) is 52.7 Å². The molecule has 2 aromatic carbocycles. The Hall–Kier alpha value is -2.85. The van der Waals surface area contributed by atoms with E-state index in [4.69, 9.17) is 9.47 Å². The van der Waals surface area contributed by atoms with Crippen LogP contribution in [0.25, 0.3) is 0 Å². The molecule has 10 heteroatoms. The molecule has 30 heavy (non-hydrogen) atoms. The van der Waals surface area contributed by atoms with E-state index in [1.807, 2.05) is 24.3 Å². The van der Waals surface area contributed by atoms with Crippen LogP contribution in [0.15, 0.2) is 48.5 Å². The van der Waals surface area contributed by atoms with E-state index in [-0.39, 0.29) is 13.1 Å². The van der Waals surface area contributed by atoms with Gasteiger partial charge in [-0.1, -0.05) is 24.3 Å². The van der Waals surface area contributed by atoms with Crippen molar-refractivity contribution in [3.63, 3.8) is 0 Å². The van der Waals surface area contributed by atoms with Crippen molar-refractivity contribution in [1.29, 1.82) is 0 Å². The summed E-state index contributed by atoms with van der Waals surface area (Å²) in [4.78, 5) is 14.0. The topological polar surface area (TPSA) is 97.0 Å². The number of hydrogen-bond acceptors (Lipinski definition) is 5. The van der Waals surface area contributed by atoms with Gasteiger partial charge >= 0.3 is 6.03 Å². The zero-order valence-electron chi connectivity index (χ0n) is 16.7. The highest BCUT2D eigenvalue weighted by molar-refractivity contribution is 7.89. The number of rotatable bonds is 9. The average Bonchev–Trinajstić information content (AvgIpc) is 3.08. The highest BCUT2D eigenvalue weighted by atomic mass is 32.2. The van der Waals surface area contributed by atoms with Crippen LogP contribution in [0.3, 0.4) is 0 Å². The summed E-state index contributed by atoms with van der Waals surface area (Å²) in [5.74, 6) is 1.28. The fourth-order valence-corrected chi connectivity index (χ4v) is 4.32. The molecule has 2 amide bonds. The molecule has 2 N–H and O–H groups in total. The van der Waals surface area contributed by atoms with Crippen molar-refractivity contribution in [3.8, 4) is 11.5 Å². The van der Waals surface area contributed by atoms with Crippen LogP contribution in [0.5, 0.6) is 11.5 Å². The number of ether oxygens (including phenoxy) is 2. The summed E-state index contributed by atoms with van der Waals surface area (Å²) in [5, 5.41) is 2.68. The summed E-state index contributed by atoms with van der Waals surface area (Å²) in [6.07, 6.45) is 0.465. The van der Waals surface area contributed by atoms with Crippen LogP contribution in [0, 0.1) is 0 Å². The first-order valence-corrected chi connectivity index (χ1v) is 10.9. The molecule has 0 aliphatic carbocycles. The number of nitrogens with zero attached hydrogens (tertiary/aromatic N) is 1. The Kier molecular flexibility index (Phi) is 6.47. The highest BCUT2D eigenvalue weighted by Crippen LogP contribution is 2.32. The van der Waals surface area contributed by atoms with Gasteiger partial charge in [0.2, 0.25) is 16.0 Å². The Morgan fingerprint density at radius 2 is 1.63 bits per heavy atom. The van der Waals surface area contributed by atoms with E-state index in [2.05, 4.69) is 10.0 Å². The van der Waals surface area contributed by atoms with Crippen molar-refractivity contribution in [3.05, 3.63) is 59.7 Å². The van der Waals surface area contributed by atoms with Gasteiger partial charge in [-0.25, -0.2) is 17.6 Å². The minimum Gasteiger partial charge on any atom is -0.497 e. The maximum absolute atomic E-state index is 13.2. The lowest BCUT2D eigenvalue weighted by molar-refractivity contribution is 0.146. The van der Waals surface area contributed by atoms with E-state index < -0.39 is 27.7 Å². The first-order valence-electron chi connectivity index (χ1n) is 9.24. The zero-order valence-corrected chi connectivity index (χ0v) is 17.5. The van der Waals surface area contributed by atoms with Crippen molar-refractivity contribution >= 4 is 16.1 Å². The van der Waals surface area contributed by atoms with E-state index in [9.17, 15) is 17.6 Å². The molecule has 0 saturated carbocycles. The number of halogens is 1. The number of nitrogens with one attached hydrogen (secondary N) is 2. The molecule has 162 valence electrons. The van der Waals surface area contributed by atoms with Crippen molar-refractivity contribution in [2.45, 2.75) is 12.1 Å². The molecule has 1 aliphatic heterocycles. The van der Waals surface area contributed by atoms with Gasteiger partial charge in [0.25, 0.3) is 0 Å². The van der Waals surface area contributed by atoms with Crippen LogP contribution in [0.2, 0.25) is 0 Å².